The summed E-state index contributed by atoms with van der Waals surface area (Å²) in [6.45, 7) is 2.46. The number of nitrogens with one attached hydrogen (secondary N) is 1. The normalized spacial score (nSPS) is 11.4. The van der Waals surface area contributed by atoms with Crippen LogP contribution in [0.15, 0.2) is 33.6 Å². The number of carboxylic acid groups (broad SMARTS) is 1. The summed E-state index contributed by atoms with van der Waals surface area (Å²) in [5, 5.41) is 10.3. The molecule has 0 atom stereocenters. The van der Waals surface area contributed by atoms with Crippen molar-refractivity contribution in [1.29, 1.82) is 0 Å². The van der Waals surface area contributed by atoms with Crippen molar-refractivity contribution in [2.45, 2.75) is 24.3 Å². The van der Waals surface area contributed by atoms with Gasteiger partial charge in [0, 0.05) is 4.47 Å². The second kappa shape index (κ2) is 9.18. The smallest absolute Gasteiger partial charge is 0.539 e. The van der Waals surface area contributed by atoms with E-state index in [-0.39, 0.29) is 80.3 Å². The van der Waals surface area contributed by atoms with Gasteiger partial charge in [0.15, 0.2) is 5.97 Å². The molecule has 0 bridgehead atoms. The second-order valence-corrected chi connectivity index (χ2v) is 7.40. The molecule has 0 aliphatic heterocycles. The Morgan fingerprint density at radius 3 is 2.23 bits per heavy atom. The first-order valence-corrected chi connectivity index (χ1v) is 8.01. The molecule has 0 amide bonds. The number of hydrogen-bond donors (Lipinski definition) is 1. The summed E-state index contributed by atoms with van der Waals surface area (Å²) in [6.07, 6.45) is 0. The number of benzene rings is 1. The molecule has 22 heavy (non-hydrogen) atoms. The van der Waals surface area contributed by atoms with Crippen molar-refractivity contribution in [3.63, 3.8) is 0 Å². The minimum Gasteiger partial charge on any atom is -0.539 e. The van der Waals surface area contributed by atoms with Gasteiger partial charge in [-0.25, -0.2) is 17.9 Å². The summed E-state index contributed by atoms with van der Waals surface area (Å²) in [5.74, 6) is -3.54. The second-order valence-electron chi connectivity index (χ2n) is 4.72. The average Bonchev–Trinajstić information content (AvgIpc) is 2.36. The van der Waals surface area contributed by atoms with Gasteiger partial charge < -0.3 is 14.6 Å². The third kappa shape index (κ3) is 7.45. The molecule has 0 aliphatic carbocycles. The molecule has 1 rings (SSSR count). The molecule has 0 spiro atoms. The fourth-order valence-electron chi connectivity index (χ4n) is 1.29. The van der Waals surface area contributed by atoms with E-state index in [1.807, 2.05) is 0 Å². The first-order valence-electron chi connectivity index (χ1n) is 5.73. The zero-order valence-electron chi connectivity index (χ0n) is 12.3. The van der Waals surface area contributed by atoms with E-state index < -0.39 is 27.6 Å². The van der Waals surface area contributed by atoms with Gasteiger partial charge in [0.25, 0.3) is 0 Å². The van der Waals surface area contributed by atoms with Crippen LogP contribution in [0.25, 0.3) is 0 Å². The summed E-state index contributed by atoms with van der Waals surface area (Å²) in [5.41, 5.74) is -1.33. The van der Waals surface area contributed by atoms with Crippen LogP contribution >= 0.6 is 15.9 Å². The molecule has 10 heteroatoms. The van der Waals surface area contributed by atoms with E-state index in [1.165, 1.54) is 26.0 Å². The summed E-state index contributed by atoms with van der Waals surface area (Å²) >= 11 is 3.19. The van der Waals surface area contributed by atoms with Crippen LogP contribution in [0.3, 0.4) is 0 Å². The van der Waals surface area contributed by atoms with E-state index in [4.69, 9.17) is 0 Å². The topological polar surface area (TPSA) is 113 Å². The SMILES string of the molecule is CC(C)(CNS(=O)(=O)c1ccc(Br)cc1)OC(=O)C(=O)[O-].[Cs+]. The fraction of sp³-hybridized carbons (Fsp3) is 0.333. The van der Waals surface area contributed by atoms with Crippen molar-refractivity contribution in [2.24, 2.45) is 0 Å². The molecular weight excluding hydrogens is 499 g/mol. The quantitative estimate of drug-likeness (QED) is 0.329. The zero-order chi connectivity index (χ0) is 16.3. The Labute approximate surface area is 195 Å². The van der Waals surface area contributed by atoms with Crippen LogP contribution in [-0.4, -0.2) is 32.5 Å². The molecule has 0 saturated heterocycles. The molecule has 116 valence electrons. The van der Waals surface area contributed by atoms with Crippen molar-refractivity contribution in [3.05, 3.63) is 28.7 Å². The van der Waals surface area contributed by atoms with E-state index in [0.29, 0.717) is 0 Å². The van der Waals surface area contributed by atoms with E-state index in [0.717, 1.165) is 4.47 Å². The Balaban J connectivity index is 0.00000441. The minimum absolute atomic E-state index is 0. The fourth-order valence-corrected chi connectivity index (χ4v) is 2.76. The molecule has 0 aliphatic rings. The molecule has 0 aromatic heterocycles. The van der Waals surface area contributed by atoms with Crippen LogP contribution < -0.4 is 78.7 Å². The maximum absolute atomic E-state index is 12.0. The molecule has 1 N–H and O–H groups in total. The molecule has 0 unspecified atom stereocenters. The average molecular weight is 512 g/mol. The summed E-state index contributed by atoms with van der Waals surface area (Å²) < 4.78 is 31.6. The molecule has 1 aromatic rings. The van der Waals surface area contributed by atoms with Gasteiger partial charge in [-0.15, -0.1) is 0 Å². The molecule has 0 heterocycles. The number of carboxylic acids is 1. The molecule has 7 nitrogen and oxygen atoms in total. The number of carbonyl (C=O) groups is 2. The number of halogens is 1. The standard InChI is InChI=1S/C12H14BrNO6S.Cs/c1-12(2,20-11(17)10(15)16)7-14-21(18,19)9-5-3-8(13)4-6-9;/h3-6,14H,7H2,1-2H3,(H,15,16);/q;+1/p-1. The van der Waals surface area contributed by atoms with Crippen molar-refractivity contribution < 1.29 is 96.7 Å². The van der Waals surface area contributed by atoms with Gasteiger partial charge in [-0.3, -0.25) is 0 Å². The monoisotopic (exact) mass is 511 g/mol. The van der Waals surface area contributed by atoms with Crippen LogP contribution in [0.1, 0.15) is 13.8 Å². The number of sulfonamides is 1. The predicted octanol–water partition coefficient (Wildman–Crippen LogP) is -3.20. The van der Waals surface area contributed by atoms with Gasteiger partial charge in [0.2, 0.25) is 10.0 Å². The maximum atomic E-state index is 12.0. The summed E-state index contributed by atoms with van der Waals surface area (Å²) in [6, 6.07) is 5.92. The molecule has 0 saturated carbocycles. The van der Waals surface area contributed by atoms with Gasteiger partial charge in [0.05, 0.1) is 11.4 Å². The number of hydrogen-bond acceptors (Lipinski definition) is 6. The van der Waals surface area contributed by atoms with Crippen molar-refractivity contribution >= 4 is 37.9 Å². The van der Waals surface area contributed by atoms with E-state index >= 15 is 0 Å². The van der Waals surface area contributed by atoms with Crippen molar-refractivity contribution in [2.75, 3.05) is 6.54 Å². The molecule has 0 fully saturated rings. The first-order chi connectivity index (χ1) is 9.53. The Kier molecular flexibility index (Phi) is 9.43. The molecule has 1 aromatic carbocycles. The third-order valence-corrected chi connectivity index (χ3v) is 4.29. The van der Waals surface area contributed by atoms with Crippen LogP contribution in [0.5, 0.6) is 0 Å². The van der Waals surface area contributed by atoms with Gasteiger partial charge in [-0.05, 0) is 38.1 Å². The number of rotatable bonds is 5. The Morgan fingerprint density at radius 1 is 1.27 bits per heavy atom. The predicted molar refractivity (Wildman–Crippen MR) is 74.5 cm³/mol. The van der Waals surface area contributed by atoms with Crippen LogP contribution in [0.2, 0.25) is 0 Å². The number of esters is 1. The van der Waals surface area contributed by atoms with Gasteiger partial charge >= 0.3 is 74.9 Å². The van der Waals surface area contributed by atoms with Crippen LogP contribution in [0.4, 0.5) is 0 Å². The maximum Gasteiger partial charge on any atom is 1.00 e. The number of carbonyl (C=O) groups excluding carboxylic acids is 2. The van der Waals surface area contributed by atoms with Crippen LogP contribution in [-0.2, 0) is 24.3 Å². The Hall–Kier alpha value is 0.602. The van der Waals surface area contributed by atoms with E-state index in [1.54, 1.807) is 12.1 Å². The molecular formula is C12H13BrCsNO6S. The number of aliphatic carboxylic acids is 1. The van der Waals surface area contributed by atoms with Gasteiger partial charge in [-0.2, -0.15) is 0 Å². The first kappa shape index (κ1) is 22.6. The molecule has 0 radical (unpaired) electrons. The zero-order valence-corrected chi connectivity index (χ0v) is 20.9. The van der Waals surface area contributed by atoms with Crippen molar-refractivity contribution in [3.8, 4) is 0 Å². The minimum atomic E-state index is -3.79. The van der Waals surface area contributed by atoms with Gasteiger partial charge in [0.1, 0.15) is 5.60 Å². The largest absolute Gasteiger partial charge is 1.00 e. The summed E-state index contributed by atoms with van der Waals surface area (Å²) in [4.78, 5) is 21.3. The Bertz CT molecular complexity index is 644. The van der Waals surface area contributed by atoms with Gasteiger partial charge in [-0.1, -0.05) is 15.9 Å². The van der Waals surface area contributed by atoms with E-state index in [9.17, 15) is 23.1 Å². The van der Waals surface area contributed by atoms with Crippen LogP contribution in [0, 0.1) is 0 Å². The number of ether oxygens (including phenoxy) is 1. The van der Waals surface area contributed by atoms with Crippen molar-refractivity contribution in [1.82, 2.24) is 4.72 Å². The van der Waals surface area contributed by atoms with E-state index in [2.05, 4.69) is 25.4 Å². The third-order valence-electron chi connectivity index (χ3n) is 2.35. The summed E-state index contributed by atoms with van der Waals surface area (Å²) in [7, 11) is -3.79. The Morgan fingerprint density at radius 2 is 1.77 bits per heavy atom.